The summed E-state index contributed by atoms with van der Waals surface area (Å²) < 4.78 is 0. The van der Waals surface area contributed by atoms with E-state index in [1.165, 1.54) is 0 Å². The van der Waals surface area contributed by atoms with Crippen LogP contribution in [-0.2, 0) is 0 Å². The summed E-state index contributed by atoms with van der Waals surface area (Å²) in [6, 6.07) is 0. The fraction of sp³-hybridized carbons (Fsp3) is 1.00. The topological polar surface area (TPSA) is 40.5 Å². The Morgan fingerprint density at radius 1 is 0.833 bits per heavy atom. The van der Waals surface area contributed by atoms with Crippen molar-refractivity contribution in [3.05, 3.63) is 0 Å². The first-order chi connectivity index (χ1) is 5.54. The van der Waals surface area contributed by atoms with Crippen molar-refractivity contribution < 1.29 is 10.2 Å². The van der Waals surface area contributed by atoms with Gasteiger partial charge in [0, 0.05) is 0 Å². The zero-order valence-corrected chi connectivity index (χ0v) is 8.62. The van der Waals surface area contributed by atoms with Crippen molar-refractivity contribution >= 4 is 0 Å². The normalized spacial score (nSPS) is 21.5. The van der Waals surface area contributed by atoms with E-state index in [2.05, 4.69) is 0 Å². The molecule has 0 saturated heterocycles. The summed E-state index contributed by atoms with van der Waals surface area (Å²) in [6.45, 7) is 7.99. The number of aliphatic hydroxyl groups excluding tert-OH is 2. The molecular formula is C10H22O2. The Kier molecular flexibility index (Phi) is 5.51. The molecule has 74 valence electrons. The van der Waals surface area contributed by atoms with E-state index in [4.69, 9.17) is 0 Å². The number of aliphatic hydroxyl groups is 2. The van der Waals surface area contributed by atoms with Crippen LogP contribution in [0.1, 0.15) is 40.5 Å². The maximum absolute atomic E-state index is 9.64. The van der Waals surface area contributed by atoms with Gasteiger partial charge in [-0.05, 0) is 11.8 Å². The highest BCUT2D eigenvalue weighted by Crippen LogP contribution is 2.18. The maximum Gasteiger partial charge on any atom is 0.0827 e. The molecule has 0 radical (unpaired) electrons. The van der Waals surface area contributed by atoms with Gasteiger partial charge >= 0.3 is 0 Å². The first-order valence-corrected chi connectivity index (χ1v) is 4.90. The minimum atomic E-state index is -0.565. The summed E-state index contributed by atoms with van der Waals surface area (Å²) in [5.41, 5.74) is 0. The Morgan fingerprint density at radius 3 is 1.25 bits per heavy atom. The second-order valence-corrected chi connectivity index (χ2v) is 3.75. The van der Waals surface area contributed by atoms with Gasteiger partial charge in [-0.1, -0.05) is 40.5 Å². The molecular weight excluding hydrogens is 152 g/mol. The third kappa shape index (κ3) is 3.11. The fourth-order valence-corrected chi connectivity index (χ4v) is 1.16. The molecule has 0 aliphatic rings. The van der Waals surface area contributed by atoms with Crippen molar-refractivity contribution in [3.63, 3.8) is 0 Å². The summed E-state index contributed by atoms with van der Waals surface area (Å²) in [7, 11) is 0. The Morgan fingerprint density at radius 2 is 1.08 bits per heavy atom. The van der Waals surface area contributed by atoms with E-state index in [1.807, 2.05) is 27.7 Å². The van der Waals surface area contributed by atoms with Gasteiger partial charge in [-0.3, -0.25) is 0 Å². The molecule has 4 unspecified atom stereocenters. The van der Waals surface area contributed by atoms with Crippen molar-refractivity contribution in [2.24, 2.45) is 11.8 Å². The zero-order valence-electron chi connectivity index (χ0n) is 8.62. The highest BCUT2D eigenvalue weighted by Gasteiger charge is 2.25. The lowest BCUT2D eigenvalue weighted by molar-refractivity contribution is -0.0413. The molecule has 0 aliphatic heterocycles. The largest absolute Gasteiger partial charge is 0.390 e. The molecule has 0 fully saturated rings. The minimum absolute atomic E-state index is 0.189. The first-order valence-electron chi connectivity index (χ1n) is 4.90. The molecule has 0 spiro atoms. The highest BCUT2D eigenvalue weighted by atomic mass is 16.3. The number of rotatable bonds is 5. The zero-order chi connectivity index (χ0) is 9.72. The Hall–Kier alpha value is -0.0800. The number of hydrogen-bond donors (Lipinski definition) is 2. The van der Waals surface area contributed by atoms with Crippen molar-refractivity contribution in [1.82, 2.24) is 0 Å². The Balaban J connectivity index is 3.99. The van der Waals surface area contributed by atoms with Crippen molar-refractivity contribution in [2.75, 3.05) is 0 Å². The van der Waals surface area contributed by atoms with Crippen LogP contribution in [-0.4, -0.2) is 22.4 Å². The smallest absolute Gasteiger partial charge is 0.0827 e. The van der Waals surface area contributed by atoms with E-state index in [-0.39, 0.29) is 11.8 Å². The molecule has 0 aromatic carbocycles. The molecule has 0 rings (SSSR count). The van der Waals surface area contributed by atoms with Crippen LogP contribution in [0.4, 0.5) is 0 Å². The average Bonchev–Trinajstić information content (AvgIpc) is 2.12. The lowest BCUT2D eigenvalue weighted by Gasteiger charge is -2.26. The molecule has 0 amide bonds. The Labute approximate surface area is 75.6 Å². The molecule has 0 bridgehead atoms. The van der Waals surface area contributed by atoms with Gasteiger partial charge in [0.05, 0.1) is 12.2 Å². The standard InChI is InChI=1S/C10H22O2/c1-5-7(3)9(11)10(12)8(4)6-2/h7-12H,5-6H2,1-4H3. The summed E-state index contributed by atoms with van der Waals surface area (Å²) in [5, 5.41) is 19.3. The lowest BCUT2D eigenvalue weighted by atomic mass is 9.89. The van der Waals surface area contributed by atoms with Gasteiger partial charge in [0.15, 0.2) is 0 Å². The van der Waals surface area contributed by atoms with Crippen LogP contribution in [0.15, 0.2) is 0 Å². The third-order valence-corrected chi connectivity index (χ3v) is 2.80. The van der Waals surface area contributed by atoms with Crippen LogP contribution in [0.3, 0.4) is 0 Å². The van der Waals surface area contributed by atoms with Crippen molar-refractivity contribution in [3.8, 4) is 0 Å². The van der Waals surface area contributed by atoms with E-state index >= 15 is 0 Å². The van der Waals surface area contributed by atoms with Crippen LogP contribution in [0, 0.1) is 11.8 Å². The second kappa shape index (κ2) is 5.55. The molecule has 0 heterocycles. The maximum atomic E-state index is 9.64. The molecule has 0 saturated carbocycles. The predicted octanol–water partition coefficient (Wildman–Crippen LogP) is 1.80. The van der Waals surface area contributed by atoms with Crippen LogP contribution in [0.5, 0.6) is 0 Å². The fourth-order valence-electron chi connectivity index (χ4n) is 1.16. The summed E-state index contributed by atoms with van der Waals surface area (Å²) in [5.74, 6) is 0.378. The molecule has 2 N–H and O–H groups in total. The van der Waals surface area contributed by atoms with Crippen LogP contribution >= 0.6 is 0 Å². The number of hydrogen-bond acceptors (Lipinski definition) is 2. The van der Waals surface area contributed by atoms with Crippen LogP contribution < -0.4 is 0 Å². The summed E-state index contributed by atoms with van der Waals surface area (Å²) >= 11 is 0. The van der Waals surface area contributed by atoms with E-state index in [9.17, 15) is 10.2 Å². The van der Waals surface area contributed by atoms with Gasteiger partial charge in [-0.15, -0.1) is 0 Å². The van der Waals surface area contributed by atoms with Gasteiger partial charge in [0.25, 0.3) is 0 Å². The van der Waals surface area contributed by atoms with Crippen molar-refractivity contribution in [2.45, 2.75) is 52.7 Å². The molecule has 0 aliphatic carbocycles. The van der Waals surface area contributed by atoms with E-state index in [0.29, 0.717) is 0 Å². The van der Waals surface area contributed by atoms with Crippen LogP contribution in [0.25, 0.3) is 0 Å². The summed E-state index contributed by atoms with van der Waals surface area (Å²) in [4.78, 5) is 0. The SMILES string of the molecule is CCC(C)C(O)C(O)C(C)CC. The average molecular weight is 174 g/mol. The minimum Gasteiger partial charge on any atom is -0.390 e. The third-order valence-electron chi connectivity index (χ3n) is 2.80. The van der Waals surface area contributed by atoms with Crippen LogP contribution in [0.2, 0.25) is 0 Å². The van der Waals surface area contributed by atoms with Gasteiger partial charge < -0.3 is 10.2 Å². The molecule has 2 heteroatoms. The molecule has 4 atom stereocenters. The quantitative estimate of drug-likeness (QED) is 0.667. The van der Waals surface area contributed by atoms with E-state index in [0.717, 1.165) is 12.8 Å². The van der Waals surface area contributed by atoms with E-state index < -0.39 is 12.2 Å². The van der Waals surface area contributed by atoms with Gasteiger partial charge in [0.2, 0.25) is 0 Å². The second-order valence-electron chi connectivity index (χ2n) is 3.75. The summed E-state index contributed by atoms with van der Waals surface area (Å²) in [6.07, 6.45) is 0.693. The highest BCUT2D eigenvalue weighted by molar-refractivity contribution is 4.75. The van der Waals surface area contributed by atoms with Crippen molar-refractivity contribution in [1.29, 1.82) is 0 Å². The molecule has 2 nitrogen and oxygen atoms in total. The predicted molar refractivity (Wildman–Crippen MR) is 50.9 cm³/mol. The lowest BCUT2D eigenvalue weighted by Crippen LogP contribution is -2.36. The molecule has 0 aromatic heterocycles. The van der Waals surface area contributed by atoms with Gasteiger partial charge in [-0.2, -0.15) is 0 Å². The molecule has 0 aromatic rings. The van der Waals surface area contributed by atoms with Gasteiger partial charge in [0.1, 0.15) is 0 Å². The monoisotopic (exact) mass is 174 g/mol. The Bertz CT molecular complexity index is 100. The van der Waals surface area contributed by atoms with E-state index in [1.54, 1.807) is 0 Å². The van der Waals surface area contributed by atoms with Gasteiger partial charge in [-0.25, -0.2) is 0 Å². The molecule has 12 heavy (non-hydrogen) atoms. The first kappa shape index (κ1) is 11.9.